The maximum atomic E-state index is 9.57. The van der Waals surface area contributed by atoms with Gasteiger partial charge in [0.05, 0.1) is 6.10 Å². The molecule has 0 saturated heterocycles. The highest BCUT2D eigenvalue weighted by Gasteiger charge is 2.07. The SMILES string of the molecule is Cc1ccc(C(O)CNCl)cc1Br. The molecule has 0 radical (unpaired) electrons. The second kappa shape index (κ2) is 4.96. The summed E-state index contributed by atoms with van der Waals surface area (Å²) in [5.41, 5.74) is 2.00. The third kappa shape index (κ3) is 2.95. The van der Waals surface area contributed by atoms with Crippen LogP contribution in [0.25, 0.3) is 0 Å². The first-order chi connectivity index (χ1) is 6.15. The molecule has 0 heterocycles. The van der Waals surface area contributed by atoms with Gasteiger partial charge in [0.2, 0.25) is 0 Å². The Kier molecular flexibility index (Phi) is 4.19. The first-order valence-electron chi connectivity index (χ1n) is 3.92. The van der Waals surface area contributed by atoms with Crippen LogP contribution in [-0.2, 0) is 0 Å². The van der Waals surface area contributed by atoms with E-state index in [9.17, 15) is 5.11 Å². The van der Waals surface area contributed by atoms with Gasteiger partial charge in [-0.25, -0.2) is 4.84 Å². The van der Waals surface area contributed by atoms with Gasteiger partial charge in [-0.1, -0.05) is 28.1 Å². The summed E-state index contributed by atoms with van der Waals surface area (Å²) in [6.45, 7) is 2.34. The number of hydrogen-bond donors (Lipinski definition) is 2. The van der Waals surface area contributed by atoms with E-state index >= 15 is 0 Å². The molecule has 1 atom stereocenters. The quantitative estimate of drug-likeness (QED) is 0.822. The standard InChI is InChI=1S/C9H11BrClNO/c1-6-2-3-7(4-8(6)10)9(13)5-12-11/h2-4,9,12-13H,5H2,1H3. The van der Waals surface area contributed by atoms with Crippen molar-refractivity contribution in [3.8, 4) is 0 Å². The summed E-state index contributed by atoms with van der Waals surface area (Å²) in [7, 11) is 0. The minimum absolute atomic E-state index is 0.344. The molecule has 72 valence electrons. The highest BCUT2D eigenvalue weighted by atomic mass is 79.9. The predicted octanol–water partition coefficient (Wildman–Crippen LogP) is 2.53. The van der Waals surface area contributed by atoms with Crippen LogP contribution >= 0.6 is 27.7 Å². The molecule has 1 aromatic carbocycles. The zero-order chi connectivity index (χ0) is 9.84. The van der Waals surface area contributed by atoms with Gasteiger partial charge in [-0.15, -0.1) is 0 Å². The number of rotatable bonds is 3. The van der Waals surface area contributed by atoms with Crippen molar-refractivity contribution >= 4 is 27.7 Å². The molecule has 0 spiro atoms. The molecule has 0 saturated carbocycles. The van der Waals surface area contributed by atoms with Crippen molar-refractivity contribution in [3.05, 3.63) is 33.8 Å². The van der Waals surface area contributed by atoms with E-state index in [4.69, 9.17) is 11.8 Å². The van der Waals surface area contributed by atoms with Crippen LogP contribution in [0.4, 0.5) is 0 Å². The van der Waals surface area contributed by atoms with Crippen LogP contribution in [0.5, 0.6) is 0 Å². The van der Waals surface area contributed by atoms with Crippen LogP contribution in [0.3, 0.4) is 0 Å². The fourth-order valence-corrected chi connectivity index (χ4v) is 1.55. The van der Waals surface area contributed by atoms with Gasteiger partial charge in [-0.3, -0.25) is 0 Å². The number of hydrogen-bond acceptors (Lipinski definition) is 2. The zero-order valence-electron chi connectivity index (χ0n) is 7.22. The lowest BCUT2D eigenvalue weighted by Crippen LogP contribution is -2.12. The minimum atomic E-state index is -0.561. The van der Waals surface area contributed by atoms with E-state index in [1.807, 2.05) is 25.1 Å². The number of aryl methyl sites for hydroxylation is 1. The van der Waals surface area contributed by atoms with Gasteiger partial charge in [-0.05, 0) is 35.9 Å². The lowest BCUT2D eigenvalue weighted by molar-refractivity contribution is 0.182. The van der Waals surface area contributed by atoms with Crippen LogP contribution in [0, 0.1) is 6.92 Å². The Balaban J connectivity index is 2.84. The van der Waals surface area contributed by atoms with Gasteiger partial charge in [0.25, 0.3) is 0 Å². The molecule has 0 aliphatic heterocycles. The first kappa shape index (κ1) is 11.0. The summed E-state index contributed by atoms with van der Waals surface area (Å²) in [5, 5.41) is 9.57. The lowest BCUT2D eigenvalue weighted by Gasteiger charge is -2.10. The average molecular weight is 265 g/mol. The highest BCUT2D eigenvalue weighted by Crippen LogP contribution is 2.21. The topological polar surface area (TPSA) is 32.3 Å². The zero-order valence-corrected chi connectivity index (χ0v) is 9.56. The molecule has 1 rings (SSSR count). The van der Waals surface area contributed by atoms with Crippen molar-refractivity contribution < 1.29 is 5.11 Å². The Hall–Kier alpha value is -0.0900. The molecule has 0 amide bonds. The summed E-state index contributed by atoms with van der Waals surface area (Å²) in [6.07, 6.45) is -0.561. The Morgan fingerprint density at radius 2 is 2.31 bits per heavy atom. The third-order valence-corrected chi connectivity index (χ3v) is 2.86. The van der Waals surface area contributed by atoms with Gasteiger partial charge in [0.1, 0.15) is 0 Å². The van der Waals surface area contributed by atoms with E-state index in [0.29, 0.717) is 6.54 Å². The number of benzene rings is 1. The van der Waals surface area contributed by atoms with E-state index in [1.165, 1.54) is 0 Å². The van der Waals surface area contributed by atoms with Crippen LogP contribution in [0.1, 0.15) is 17.2 Å². The van der Waals surface area contributed by atoms with E-state index in [-0.39, 0.29) is 0 Å². The Morgan fingerprint density at radius 1 is 1.62 bits per heavy atom. The molecular weight excluding hydrogens is 253 g/mol. The van der Waals surface area contributed by atoms with E-state index in [1.54, 1.807) is 0 Å². The number of halogens is 2. The summed E-state index contributed by atoms with van der Waals surface area (Å²) >= 11 is 8.70. The average Bonchev–Trinajstić information content (AvgIpc) is 2.10. The molecular formula is C9H11BrClNO. The normalized spacial score (nSPS) is 12.9. The molecule has 0 aromatic heterocycles. The van der Waals surface area contributed by atoms with Crippen molar-refractivity contribution in [2.24, 2.45) is 0 Å². The molecule has 1 aromatic rings. The fourth-order valence-electron chi connectivity index (χ4n) is 1.01. The van der Waals surface area contributed by atoms with Gasteiger partial charge in [0, 0.05) is 11.0 Å². The number of nitrogens with one attached hydrogen (secondary N) is 1. The van der Waals surface area contributed by atoms with Crippen molar-refractivity contribution in [1.82, 2.24) is 4.84 Å². The molecule has 2 nitrogen and oxygen atoms in total. The maximum Gasteiger partial charge on any atom is 0.0927 e. The largest absolute Gasteiger partial charge is 0.387 e. The molecule has 0 aliphatic carbocycles. The fraction of sp³-hybridized carbons (Fsp3) is 0.333. The minimum Gasteiger partial charge on any atom is -0.387 e. The molecule has 13 heavy (non-hydrogen) atoms. The second-order valence-electron chi connectivity index (χ2n) is 2.86. The number of aliphatic hydroxyl groups excluding tert-OH is 1. The first-order valence-corrected chi connectivity index (χ1v) is 5.10. The Labute approximate surface area is 91.2 Å². The lowest BCUT2D eigenvalue weighted by atomic mass is 10.1. The molecule has 1 unspecified atom stereocenters. The Bertz CT molecular complexity index is 293. The smallest absolute Gasteiger partial charge is 0.0927 e. The molecule has 2 N–H and O–H groups in total. The Morgan fingerprint density at radius 3 is 2.85 bits per heavy atom. The van der Waals surface area contributed by atoms with E-state index in [0.717, 1.165) is 15.6 Å². The third-order valence-electron chi connectivity index (χ3n) is 1.85. The van der Waals surface area contributed by atoms with Crippen molar-refractivity contribution in [3.63, 3.8) is 0 Å². The van der Waals surface area contributed by atoms with Gasteiger partial charge in [-0.2, -0.15) is 0 Å². The molecule has 4 heteroatoms. The summed E-state index contributed by atoms with van der Waals surface area (Å²) in [6, 6.07) is 5.74. The van der Waals surface area contributed by atoms with Crippen molar-refractivity contribution in [1.29, 1.82) is 0 Å². The maximum absolute atomic E-state index is 9.57. The molecule has 0 bridgehead atoms. The summed E-state index contributed by atoms with van der Waals surface area (Å²) in [4.78, 5) is 2.41. The predicted molar refractivity (Wildman–Crippen MR) is 57.7 cm³/mol. The monoisotopic (exact) mass is 263 g/mol. The van der Waals surface area contributed by atoms with Crippen molar-refractivity contribution in [2.45, 2.75) is 13.0 Å². The van der Waals surface area contributed by atoms with E-state index < -0.39 is 6.10 Å². The van der Waals surface area contributed by atoms with Crippen LogP contribution in [-0.4, -0.2) is 11.7 Å². The molecule has 0 aliphatic rings. The number of aliphatic hydroxyl groups is 1. The second-order valence-corrected chi connectivity index (χ2v) is 3.98. The molecule has 0 fully saturated rings. The van der Waals surface area contributed by atoms with Crippen LogP contribution in [0.2, 0.25) is 0 Å². The van der Waals surface area contributed by atoms with Crippen LogP contribution < -0.4 is 4.84 Å². The van der Waals surface area contributed by atoms with E-state index in [2.05, 4.69) is 20.8 Å². The van der Waals surface area contributed by atoms with Crippen LogP contribution in [0.15, 0.2) is 22.7 Å². The summed E-state index contributed by atoms with van der Waals surface area (Å²) in [5.74, 6) is 0. The highest BCUT2D eigenvalue weighted by molar-refractivity contribution is 9.10. The van der Waals surface area contributed by atoms with Gasteiger partial charge < -0.3 is 5.11 Å². The van der Waals surface area contributed by atoms with Gasteiger partial charge in [0.15, 0.2) is 0 Å². The summed E-state index contributed by atoms with van der Waals surface area (Å²) < 4.78 is 0.999. The van der Waals surface area contributed by atoms with Crippen molar-refractivity contribution in [2.75, 3.05) is 6.54 Å². The van der Waals surface area contributed by atoms with Gasteiger partial charge >= 0.3 is 0 Å².